The van der Waals surface area contributed by atoms with E-state index in [-0.39, 0.29) is 0 Å². The van der Waals surface area contributed by atoms with Gasteiger partial charge in [0.2, 0.25) is 0 Å². The van der Waals surface area contributed by atoms with Gasteiger partial charge in [-0.15, -0.1) is 11.3 Å². The Morgan fingerprint density at radius 2 is 2.04 bits per heavy atom. The van der Waals surface area contributed by atoms with Crippen LogP contribution in [0.5, 0.6) is 0 Å². The molecule has 4 rings (SSSR count). The molecule has 0 bridgehead atoms. The zero-order valence-corrected chi connectivity index (χ0v) is 15.5. The molecule has 126 valence electrons. The minimum absolute atomic E-state index is 0.512. The molecule has 0 radical (unpaired) electrons. The van der Waals surface area contributed by atoms with E-state index in [0.717, 1.165) is 22.0 Å². The third-order valence-electron chi connectivity index (χ3n) is 4.91. The van der Waals surface area contributed by atoms with Crippen molar-refractivity contribution in [1.82, 2.24) is 14.4 Å². The van der Waals surface area contributed by atoms with E-state index in [1.165, 1.54) is 42.7 Å². The molecule has 1 fully saturated rings. The summed E-state index contributed by atoms with van der Waals surface area (Å²) in [4.78, 5) is 11.3. The van der Waals surface area contributed by atoms with Crippen LogP contribution in [0.25, 0.3) is 16.2 Å². The van der Waals surface area contributed by atoms with E-state index in [0.29, 0.717) is 11.1 Å². The number of pyridine rings is 1. The summed E-state index contributed by atoms with van der Waals surface area (Å²) >= 11 is 8.13. The molecule has 3 aromatic rings. The van der Waals surface area contributed by atoms with Crippen LogP contribution in [0.2, 0.25) is 5.02 Å². The lowest BCUT2D eigenvalue weighted by molar-refractivity contribution is 0.461. The van der Waals surface area contributed by atoms with E-state index in [1.807, 2.05) is 6.07 Å². The van der Waals surface area contributed by atoms with Gasteiger partial charge in [-0.25, -0.2) is 4.98 Å². The van der Waals surface area contributed by atoms with Crippen LogP contribution in [0, 0.1) is 13.8 Å². The fourth-order valence-corrected chi connectivity index (χ4v) is 4.65. The Labute approximate surface area is 150 Å². The highest BCUT2D eigenvalue weighted by molar-refractivity contribution is 7.17. The summed E-state index contributed by atoms with van der Waals surface area (Å²) in [5, 5.41) is 4.42. The number of nitrogens with zero attached hydrogens (tertiary/aromatic N) is 3. The number of rotatable bonds is 3. The molecular weight excluding hydrogens is 340 g/mol. The van der Waals surface area contributed by atoms with E-state index >= 15 is 0 Å². The number of nitrogens with one attached hydrogen (secondary N) is 1. The molecule has 1 aliphatic rings. The Balaban J connectivity index is 1.86. The van der Waals surface area contributed by atoms with Crippen molar-refractivity contribution in [3.8, 4) is 11.3 Å². The first-order valence-corrected chi connectivity index (χ1v) is 9.69. The molecule has 3 heterocycles. The number of aryl methyl sites for hydroxylation is 2. The van der Waals surface area contributed by atoms with Gasteiger partial charge in [0.05, 0.1) is 5.02 Å². The van der Waals surface area contributed by atoms with Crippen LogP contribution in [0.1, 0.15) is 42.7 Å². The zero-order chi connectivity index (χ0) is 16.7. The summed E-state index contributed by atoms with van der Waals surface area (Å²) in [6, 6.07) is 2.46. The molecule has 6 heteroatoms. The summed E-state index contributed by atoms with van der Waals surface area (Å²) in [5.74, 6) is 1.08. The lowest BCUT2D eigenvalue weighted by atomic mass is 9.95. The number of hydrogen-bond acceptors (Lipinski definition) is 4. The Bertz CT molecular complexity index is 877. The quantitative estimate of drug-likeness (QED) is 0.673. The van der Waals surface area contributed by atoms with Crippen LogP contribution in [0.15, 0.2) is 18.5 Å². The molecule has 1 aliphatic carbocycles. The topological polar surface area (TPSA) is 42.2 Å². The maximum atomic E-state index is 6.40. The Hall–Kier alpha value is -1.59. The van der Waals surface area contributed by atoms with Gasteiger partial charge < -0.3 is 5.32 Å². The third kappa shape index (κ3) is 2.70. The van der Waals surface area contributed by atoms with Crippen LogP contribution in [-0.2, 0) is 0 Å². The second-order valence-electron chi connectivity index (χ2n) is 6.51. The average molecular weight is 361 g/mol. The van der Waals surface area contributed by atoms with Crippen molar-refractivity contribution >= 4 is 33.7 Å². The van der Waals surface area contributed by atoms with Crippen LogP contribution >= 0.6 is 22.9 Å². The molecule has 0 aliphatic heterocycles. The van der Waals surface area contributed by atoms with Crippen LogP contribution in [-0.4, -0.2) is 20.4 Å². The Morgan fingerprint density at radius 1 is 1.25 bits per heavy atom. The van der Waals surface area contributed by atoms with Gasteiger partial charge >= 0.3 is 0 Å². The molecular formula is C18H21ClN4S. The number of aromatic nitrogens is 3. The Kier molecular flexibility index (Phi) is 4.22. The van der Waals surface area contributed by atoms with Crippen molar-refractivity contribution in [1.29, 1.82) is 0 Å². The van der Waals surface area contributed by atoms with Gasteiger partial charge in [-0.1, -0.05) is 30.9 Å². The zero-order valence-electron chi connectivity index (χ0n) is 14.0. The molecule has 0 atom stereocenters. The minimum atomic E-state index is 0.512. The van der Waals surface area contributed by atoms with Gasteiger partial charge in [-0.2, -0.15) is 0 Å². The number of imidazole rings is 1. The summed E-state index contributed by atoms with van der Waals surface area (Å²) in [6.07, 6.45) is 9.85. The highest BCUT2D eigenvalue weighted by Crippen LogP contribution is 2.38. The first kappa shape index (κ1) is 15.9. The van der Waals surface area contributed by atoms with Crippen molar-refractivity contribution in [2.24, 2.45) is 0 Å². The van der Waals surface area contributed by atoms with Gasteiger partial charge in [-0.3, -0.25) is 9.38 Å². The minimum Gasteiger partial charge on any atom is -0.367 e. The van der Waals surface area contributed by atoms with E-state index in [4.69, 9.17) is 16.6 Å². The fraction of sp³-hybridized carbons (Fsp3) is 0.444. The molecule has 0 spiro atoms. The van der Waals surface area contributed by atoms with Crippen molar-refractivity contribution < 1.29 is 0 Å². The first-order chi connectivity index (χ1) is 11.6. The molecule has 0 unspecified atom stereocenters. The largest absolute Gasteiger partial charge is 0.367 e. The van der Waals surface area contributed by atoms with Gasteiger partial charge in [0.1, 0.15) is 11.5 Å². The van der Waals surface area contributed by atoms with Crippen LogP contribution in [0.4, 0.5) is 5.82 Å². The summed E-state index contributed by atoms with van der Waals surface area (Å²) in [7, 11) is 0. The fourth-order valence-electron chi connectivity index (χ4n) is 3.48. The second-order valence-corrected chi connectivity index (χ2v) is 8.09. The Morgan fingerprint density at radius 3 is 2.79 bits per heavy atom. The summed E-state index contributed by atoms with van der Waals surface area (Å²) in [5.41, 5.74) is 3.12. The van der Waals surface area contributed by atoms with Crippen LogP contribution < -0.4 is 5.32 Å². The van der Waals surface area contributed by atoms with E-state index in [9.17, 15) is 0 Å². The molecule has 24 heavy (non-hydrogen) atoms. The molecule has 4 nitrogen and oxygen atoms in total. The normalized spacial score (nSPS) is 16.0. The van der Waals surface area contributed by atoms with Crippen molar-refractivity contribution in [3.63, 3.8) is 0 Å². The van der Waals surface area contributed by atoms with E-state index < -0.39 is 0 Å². The smallest absolute Gasteiger partial charge is 0.196 e. The predicted octanol–water partition coefficient (Wildman–Crippen LogP) is 5.47. The summed E-state index contributed by atoms with van der Waals surface area (Å²) in [6.45, 7) is 4.31. The number of hydrogen-bond donors (Lipinski definition) is 1. The first-order valence-electron chi connectivity index (χ1n) is 8.50. The second kappa shape index (κ2) is 6.37. The van der Waals surface area contributed by atoms with E-state index in [2.05, 4.69) is 28.5 Å². The third-order valence-corrected chi connectivity index (χ3v) is 6.27. The van der Waals surface area contributed by atoms with Gasteiger partial charge in [0.25, 0.3) is 0 Å². The lowest BCUT2D eigenvalue weighted by Gasteiger charge is -2.24. The molecule has 3 aromatic heterocycles. The number of halogens is 1. The van der Waals surface area contributed by atoms with Gasteiger partial charge in [0, 0.05) is 34.6 Å². The molecule has 0 amide bonds. The SMILES string of the molecule is Cc1sc2nc(-c3ccncc3Cl)c(NC3CCCCC3)n2c1C. The van der Waals surface area contributed by atoms with Crippen LogP contribution in [0.3, 0.4) is 0 Å². The van der Waals surface area contributed by atoms with Crippen molar-refractivity contribution in [2.45, 2.75) is 52.0 Å². The molecule has 0 aromatic carbocycles. The standard InChI is InChI=1S/C18H21ClN4S/c1-11-12(2)24-18-22-16(14-8-9-20-10-15(14)19)17(23(11)18)21-13-6-4-3-5-7-13/h8-10,13,21H,3-7H2,1-2H3. The number of anilines is 1. The number of thiazole rings is 1. The van der Waals surface area contributed by atoms with Crippen molar-refractivity contribution in [2.75, 3.05) is 5.32 Å². The monoisotopic (exact) mass is 360 g/mol. The highest BCUT2D eigenvalue weighted by atomic mass is 35.5. The molecule has 1 N–H and O–H groups in total. The predicted molar refractivity (Wildman–Crippen MR) is 101 cm³/mol. The maximum absolute atomic E-state index is 6.40. The average Bonchev–Trinajstić information content (AvgIpc) is 3.06. The van der Waals surface area contributed by atoms with Gasteiger partial charge in [-0.05, 0) is 32.8 Å². The van der Waals surface area contributed by atoms with Gasteiger partial charge in [0.15, 0.2) is 4.96 Å². The lowest BCUT2D eigenvalue weighted by Crippen LogP contribution is -2.23. The molecule has 0 saturated heterocycles. The highest BCUT2D eigenvalue weighted by Gasteiger charge is 2.23. The maximum Gasteiger partial charge on any atom is 0.196 e. The van der Waals surface area contributed by atoms with Crippen molar-refractivity contribution in [3.05, 3.63) is 34.1 Å². The van der Waals surface area contributed by atoms with E-state index in [1.54, 1.807) is 23.7 Å². The summed E-state index contributed by atoms with van der Waals surface area (Å²) < 4.78 is 2.25. The molecule has 1 saturated carbocycles. The number of fused-ring (bicyclic) bond motifs is 1.